The Kier molecular flexibility index (Phi) is 7.05. The first-order chi connectivity index (χ1) is 17.1. The van der Waals surface area contributed by atoms with Crippen LogP contribution in [0.4, 0.5) is 0 Å². The van der Waals surface area contributed by atoms with E-state index >= 15 is 0 Å². The molecule has 3 aromatic rings. The minimum absolute atomic E-state index is 0.0469. The smallest absolute Gasteiger partial charge is 0.251 e. The number of rotatable bonds is 3. The highest BCUT2D eigenvalue weighted by molar-refractivity contribution is 6.31. The zero-order valence-electron chi connectivity index (χ0n) is 19.6. The van der Waals surface area contributed by atoms with Gasteiger partial charge in [0.2, 0.25) is 5.91 Å². The lowest BCUT2D eigenvalue weighted by atomic mass is 9.98. The van der Waals surface area contributed by atoms with Crippen molar-refractivity contribution in [2.75, 3.05) is 26.2 Å². The summed E-state index contributed by atoms with van der Waals surface area (Å²) in [5.74, 6) is 1.29. The van der Waals surface area contributed by atoms with Gasteiger partial charge >= 0.3 is 0 Å². The Morgan fingerprint density at radius 2 is 1.89 bits per heavy atom. The maximum absolute atomic E-state index is 13.2. The Balaban J connectivity index is 1.39. The van der Waals surface area contributed by atoms with Gasteiger partial charge in [0, 0.05) is 30.1 Å². The van der Waals surface area contributed by atoms with Gasteiger partial charge in [-0.05, 0) is 65.3 Å². The second kappa shape index (κ2) is 10.5. The first kappa shape index (κ1) is 23.4. The molecular formula is C29H29ClN2O3. The molecule has 5 nitrogen and oxygen atoms in total. The number of fused-ring (bicyclic) bond motifs is 3. The lowest BCUT2D eigenvalue weighted by molar-refractivity contribution is -0.130. The fraction of sp³-hybridized carbons (Fsp3) is 0.310. The summed E-state index contributed by atoms with van der Waals surface area (Å²) in [5.41, 5.74) is 4.94. The molecule has 0 atom stereocenters. The topological polar surface area (TPSA) is 58.6 Å². The third kappa shape index (κ3) is 5.85. The average molecular weight is 489 g/mol. The number of amides is 2. The van der Waals surface area contributed by atoms with Crippen molar-refractivity contribution in [2.24, 2.45) is 0 Å². The highest BCUT2D eigenvalue weighted by Gasteiger charge is 2.24. The van der Waals surface area contributed by atoms with Crippen LogP contribution in [-0.2, 0) is 17.6 Å². The van der Waals surface area contributed by atoms with E-state index in [0.29, 0.717) is 49.2 Å². The molecule has 1 aliphatic heterocycles. The molecule has 3 aromatic carbocycles. The zero-order chi connectivity index (χ0) is 24.2. The van der Waals surface area contributed by atoms with Gasteiger partial charge in [0.25, 0.3) is 5.91 Å². The van der Waals surface area contributed by atoms with Crippen LogP contribution in [0.3, 0.4) is 0 Å². The molecule has 1 heterocycles. The molecule has 6 heteroatoms. The Bertz CT molecular complexity index is 1240. The number of benzene rings is 3. The van der Waals surface area contributed by atoms with Gasteiger partial charge in [-0.15, -0.1) is 0 Å². The Hall–Kier alpha value is -3.31. The molecule has 5 rings (SSSR count). The van der Waals surface area contributed by atoms with Gasteiger partial charge in [-0.2, -0.15) is 0 Å². The zero-order valence-corrected chi connectivity index (χ0v) is 20.4. The van der Waals surface area contributed by atoms with Crippen molar-refractivity contribution in [1.29, 1.82) is 0 Å². The second-order valence-electron chi connectivity index (χ2n) is 9.27. The molecule has 2 bridgehead atoms. The van der Waals surface area contributed by atoms with Crippen molar-refractivity contribution >= 4 is 23.4 Å². The second-order valence-corrected chi connectivity index (χ2v) is 9.68. The number of halogens is 1. The van der Waals surface area contributed by atoms with Crippen LogP contribution < -0.4 is 10.1 Å². The molecular weight excluding hydrogens is 460 g/mol. The number of carbonyl (C=O) groups is 2. The average Bonchev–Trinajstić information content (AvgIpc) is 3.70. The molecule has 0 saturated heterocycles. The minimum Gasteiger partial charge on any atom is -0.491 e. The predicted molar refractivity (Wildman–Crippen MR) is 137 cm³/mol. The molecule has 0 spiro atoms. The third-order valence-corrected chi connectivity index (χ3v) is 7.02. The predicted octanol–water partition coefficient (Wildman–Crippen LogP) is 5.00. The number of nitrogens with zero attached hydrogens (tertiary/aromatic N) is 1. The molecule has 2 amide bonds. The van der Waals surface area contributed by atoms with E-state index in [0.717, 1.165) is 22.4 Å². The largest absolute Gasteiger partial charge is 0.491 e. The lowest BCUT2D eigenvalue weighted by Crippen LogP contribution is -2.41. The highest BCUT2D eigenvalue weighted by atomic mass is 35.5. The number of hydrogen-bond donors (Lipinski definition) is 1. The normalized spacial score (nSPS) is 16.5. The van der Waals surface area contributed by atoms with Crippen molar-refractivity contribution < 1.29 is 14.3 Å². The molecule has 1 aliphatic carbocycles. The summed E-state index contributed by atoms with van der Waals surface area (Å²) >= 11 is 6.28. The van der Waals surface area contributed by atoms with E-state index in [-0.39, 0.29) is 18.2 Å². The monoisotopic (exact) mass is 488 g/mol. The van der Waals surface area contributed by atoms with Gasteiger partial charge in [-0.25, -0.2) is 0 Å². The quantitative estimate of drug-likeness (QED) is 0.564. The van der Waals surface area contributed by atoms with Gasteiger partial charge in [-0.3, -0.25) is 9.59 Å². The van der Waals surface area contributed by atoms with Gasteiger partial charge in [0.05, 0.1) is 13.0 Å². The van der Waals surface area contributed by atoms with E-state index in [1.807, 2.05) is 42.5 Å². The van der Waals surface area contributed by atoms with Crippen LogP contribution in [0.5, 0.6) is 5.75 Å². The fourth-order valence-electron chi connectivity index (χ4n) is 4.54. The van der Waals surface area contributed by atoms with E-state index < -0.39 is 0 Å². The molecule has 2 aliphatic rings. The molecule has 0 radical (unpaired) electrons. The summed E-state index contributed by atoms with van der Waals surface area (Å²) in [4.78, 5) is 27.7. The standard InChI is InChI=1S/C29H29ClN2O3/c30-26-7-2-1-5-23(26)19-28(33)32-13-12-31-29(34)24-6-3-4-20(16-24)17-25-18-22(21-8-9-21)10-11-27(25)35-15-14-32/h1-7,10-11,16,18,21H,8-9,12-15,17,19H2,(H,31,34). The fourth-order valence-corrected chi connectivity index (χ4v) is 4.74. The van der Waals surface area contributed by atoms with Crippen molar-refractivity contribution in [3.05, 3.63) is 99.6 Å². The number of ether oxygens (including phenoxy) is 1. The molecule has 0 aromatic heterocycles. The maximum Gasteiger partial charge on any atom is 0.251 e. The Morgan fingerprint density at radius 3 is 2.71 bits per heavy atom. The summed E-state index contributed by atoms with van der Waals surface area (Å²) in [6.45, 7) is 1.55. The van der Waals surface area contributed by atoms with Crippen molar-refractivity contribution in [1.82, 2.24) is 10.2 Å². The van der Waals surface area contributed by atoms with E-state index in [9.17, 15) is 9.59 Å². The molecule has 0 unspecified atom stereocenters. The number of hydrogen-bond acceptors (Lipinski definition) is 3. The first-order valence-corrected chi connectivity index (χ1v) is 12.6. The van der Waals surface area contributed by atoms with Gasteiger partial charge < -0.3 is 15.0 Å². The van der Waals surface area contributed by atoms with Crippen molar-refractivity contribution in [2.45, 2.75) is 31.6 Å². The van der Waals surface area contributed by atoms with Crippen LogP contribution in [0.1, 0.15) is 51.4 Å². The highest BCUT2D eigenvalue weighted by Crippen LogP contribution is 2.41. The van der Waals surface area contributed by atoms with E-state index in [1.165, 1.54) is 18.4 Å². The van der Waals surface area contributed by atoms with Gasteiger partial charge in [0.1, 0.15) is 12.4 Å². The minimum atomic E-state index is -0.134. The van der Waals surface area contributed by atoms with E-state index in [4.69, 9.17) is 16.3 Å². The van der Waals surface area contributed by atoms with Crippen LogP contribution in [0.2, 0.25) is 5.02 Å². The lowest BCUT2D eigenvalue weighted by Gasteiger charge is -2.24. The Labute approximate surface area is 211 Å². The Morgan fingerprint density at radius 1 is 1.03 bits per heavy atom. The van der Waals surface area contributed by atoms with Crippen LogP contribution in [0.15, 0.2) is 66.7 Å². The molecule has 1 fully saturated rings. The van der Waals surface area contributed by atoms with E-state index in [2.05, 4.69) is 23.5 Å². The van der Waals surface area contributed by atoms with Crippen LogP contribution in [0, 0.1) is 0 Å². The molecule has 1 N–H and O–H groups in total. The summed E-state index contributed by atoms with van der Waals surface area (Å²) in [7, 11) is 0. The summed E-state index contributed by atoms with van der Waals surface area (Å²) in [6, 6.07) is 21.6. The number of carbonyl (C=O) groups excluding carboxylic acids is 2. The van der Waals surface area contributed by atoms with Crippen LogP contribution >= 0.6 is 11.6 Å². The van der Waals surface area contributed by atoms with Crippen LogP contribution in [-0.4, -0.2) is 43.0 Å². The third-order valence-electron chi connectivity index (χ3n) is 6.66. The molecule has 35 heavy (non-hydrogen) atoms. The summed E-state index contributed by atoms with van der Waals surface area (Å²) in [5, 5.41) is 3.53. The number of nitrogens with one attached hydrogen (secondary N) is 1. The van der Waals surface area contributed by atoms with Gasteiger partial charge in [0.15, 0.2) is 0 Å². The van der Waals surface area contributed by atoms with Crippen molar-refractivity contribution in [3.8, 4) is 5.75 Å². The SMILES string of the molecule is O=C1NCCN(C(=O)Cc2ccccc2Cl)CCOc2ccc(C3CC3)cc2Cc2cccc1c2. The summed E-state index contributed by atoms with van der Waals surface area (Å²) < 4.78 is 6.23. The van der Waals surface area contributed by atoms with Crippen LogP contribution in [0.25, 0.3) is 0 Å². The first-order valence-electron chi connectivity index (χ1n) is 12.2. The van der Waals surface area contributed by atoms with E-state index in [1.54, 1.807) is 11.0 Å². The summed E-state index contributed by atoms with van der Waals surface area (Å²) in [6.07, 6.45) is 3.36. The molecule has 180 valence electrons. The maximum atomic E-state index is 13.2. The molecule has 1 saturated carbocycles. The van der Waals surface area contributed by atoms with Gasteiger partial charge in [-0.1, -0.05) is 54.1 Å². The van der Waals surface area contributed by atoms with Crippen molar-refractivity contribution in [3.63, 3.8) is 0 Å².